The molecule has 34 heavy (non-hydrogen) atoms. The van der Waals surface area contributed by atoms with Gasteiger partial charge in [0.1, 0.15) is 17.2 Å². The highest BCUT2D eigenvalue weighted by Gasteiger charge is 2.11. The van der Waals surface area contributed by atoms with Crippen LogP contribution in [0.4, 0.5) is 0 Å². The summed E-state index contributed by atoms with van der Waals surface area (Å²) >= 11 is 3.17. The zero-order valence-corrected chi connectivity index (χ0v) is 19.8. The third kappa shape index (κ3) is 6.15. The first kappa shape index (κ1) is 23.3. The fraction of sp³-hybridized carbons (Fsp3) is 0.130. The topological polar surface area (TPSA) is 128 Å². The standard InChI is InChI=1S/C23H21N7O2S2/c1-15-26-28-23(34-15)33-14-16-7-9-18(10-8-16)22(32)27-25-11-19-12-30(13-20(24)31)29-21(19)17-5-3-2-4-6-17/h2-12H,13-14H2,1H3,(H2,24,31)(H,27,32)/b25-11-. The molecule has 0 radical (unpaired) electrons. The summed E-state index contributed by atoms with van der Waals surface area (Å²) in [6.07, 6.45) is 3.16. The molecule has 172 valence electrons. The van der Waals surface area contributed by atoms with E-state index in [2.05, 4.69) is 25.8 Å². The van der Waals surface area contributed by atoms with Crippen LogP contribution in [0.3, 0.4) is 0 Å². The number of nitrogens with zero attached hydrogens (tertiary/aromatic N) is 5. The lowest BCUT2D eigenvalue weighted by atomic mass is 10.1. The Bertz CT molecular complexity index is 1310. The van der Waals surface area contributed by atoms with Crippen LogP contribution in [0.15, 0.2) is 70.2 Å². The van der Waals surface area contributed by atoms with Gasteiger partial charge in [0, 0.05) is 28.6 Å². The van der Waals surface area contributed by atoms with Crippen molar-refractivity contribution >= 4 is 41.1 Å². The van der Waals surface area contributed by atoms with E-state index in [1.54, 1.807) is 41.4 Å². The number of amides is 2. The molecule has 2 aromatic carbocycles. The Balaban J connectivity index is 1.40. The molecular weight excluding hydrogens is 470 g/mol. The summed E-state index contributed by atoms with van der Waals surface area (Å²) in [5.41, 5.74) is 11.5. The normalized spacial score (nSPS) is 11.1. The molecule has 9 nitrogen and oxygen atoms in total. The number of hydrogen-bond acceptors (Lipinski definition) is 8. The van der Waals surface area contributed by atoms with E-state index in [-0.39, 0.29) is 12.5 Å². The molecule has 0 fully saturated rings. The largest absolute Gasteiger partial charge is 0.368 e. The minimum Gasteiger partial charge on any atom is -0.368 e. The molecule has 0 aliphatic rings. The van der Waals surface area contributed by atoms with Crippen molar-refractivity contribution in [2.45, 2.75) is 23.6 Å². The van der Waals surface area contributed by atoms with Crippen LogP contribution in [0.5, 0.6) is 0 Å². The predicted octanol–water partition coefficient (Wildman–Crippen LogP) is 3.25. The SMILES string of the molecule is Cc1nnc(SCc2ccc(C(=O)N/N=C\c3cn(CC(N)=O)nc3-c3ccccc3)cc2)s1. The minimum absolute atomic E-state index is 0.0522. The van der Waals surface area contributed by atoms with Crippen LogP contribution in [0, 0.1) is 6.92 Å². The lowest BCUT2D eigenvalue weighted by molar-refractivity contribution is -0.118. The summed E-state index contributed by atoms with van der Waals surface area (Å²) in [5.74, 6) is -0.0909. The molecule has 2 aromatic heterocycles. The molecule has 0 spiro atoms. The molecule has 2 amide bonds. The van der Waals surface area contributed by atoms with Gasteiger partial charge >= 0.3 is 0 Å². The van der Waals surface area contributed by atoms with Crippen molar-refractivity contribution in [3.05, 3.63) is 82.5 Å². The van der Waals surface area contributed by atoms with E-state index in [0.717, 1.165) is 26.2 Å². The summed E-state index contributed by atoms with van der Waals surface area (Å²) in [5, 5.41) is 17.6. The van der Waals surface area contributed by atoms with Gasteiger partial charge in [-0.3, -0.25) is 14.3 Å². The third-order valence-corrected chi connectivity index (χ3v) is 6.65. The molecule has 0 aliphatic heterocycles. The van der Waals surface area contributed by atoms with Crippen molar-refractivity contribution in [2.24, 2.45) is 10.8 Å². The molecule has 0 aliphatic carbocycles. The second-order valence-corrected chi connectivity index (χ2v) is 9.64. The van der Waals surface area contributed by atoms with Crippen LogP contribution in [-0.2, 0) is 17.1 Å². The number of hydrazone groups is 1. The highest BCUT2D eigenvalue weighted by atomic mass is 32.2. The number of nitrogens with two attached hydrogens (primary N) is 1. The number of hydrogen-bond donors (Lipinski definition) is 2. The summed E-state index contributed by atoms with van der Waals surface area (Å²) in [6.45, 7) is 1.87. The molecule has 0 bridgehead atoms. The lowest BCUT2D eigenvalue weighted by Gasteiger charge is -2.03. The second-order valence-electron chi connectivity index (χ2n) is 7.23. The maximum Gasteiger partial charge on any atom is 0.271 e. The molecule has 0 unspecified atom stereocenters. The third-order valence-electron chi connectivity index (χ3n) is 4.61. The van der Waals surface area contributed by atoms with Crippen LogP contribution >= 0.6 is 23.1 Å². The van der Waals surface area contributed by atoms with Gasteiger partial charge < -0.3 is 5.73 Å². The number of benzene rings is 2. The van der Waals surface area contributed by atoms with Crippen molar-refractivity contribution < 1.29 is 9.59 Å². The lowest BCUT2D eigenvalue weighted by Crippen LogP contribution is -2.18. The number of thioether (sulfide) groups is 1. The van der Waals surface area contributed by atoms with Gasteiger partial charge in [0.25, 0.3) is 5.91 Å². The van der Waals surface area contributed by atoms with E-state index in [1.807, 2.05) is 49.4 Å². The Kier molecular flexibility index (Phi) is 7.45. The van der Waals surface area contributed by atoms with E-state index < -0.39 is 5.91 Å². The zero-order chi connectivity index (χ0) is 23.9. The van der Waals surface area contributed by atoms with Gasteiger partial charge in [-0.1, -0.05) is 65.6 Å². The molecule has 2 heterocycles. The fourth-order valence-corrected chi connectivity index (χ4v) is 4.82. The van der Waals surface area contributed by atoms with Crippen LogP contribution in [0.25, 0.3) is 11.3 Å². The first-order valence-corrected chi connectivity index (χ1v) is 12.0. The Morgan fingerprint density at radius 2 is 1.91 bits per heavy atom. The van der Waals surface area contributed by atoms with Gasteiger partial charge in [0.15, 0.2) is 4.34 Å². The molecule has 11 heteroatoms. The van der Waals surface area contributed by atoms with Gasteiger partial charge in [0.05, 0.1) is 6.21 Å². The van der Waals surface area contributed by atoms with E-state index in [0.29, 0.717) is 16.8 Å². The Morgan fingerprint density at radius 1 is 1.15 bits per heavy atom. The number of nitrogens with one attached hydrogen (secondary N) is 1. The average Bonchev–Trinajstić information content (AvgIpc) is 3.43. The Morgan fingerprint density at radius 3 is 2.59 bits per heavy atom. The van der Waals surface area contributed by atoms with Gasteiger partial charge in [-0.25, -0.2) is 5.43 Å². The number of rotatable bonds is 9. The molecule has 0 saturated heterocycles. The molecule has 0 atom stereocenters. The maximum absolute atomic E-state index is 12.5. The molecule has 4 aromatic rings. The number of primary amides is 1. The van der Waals surface area contributed by atoms with Crippen molar-refractivity contribution in [3.8, 4) is 11.3 Å². The summed E-state index contributed by atoms with van der Waals surface area (Å²) < 4.78 is 2.37. The molecule has 3 N–H and O–H groups in total. The van der Waals surface area contributed by atoms with Crippen molar-refractivity contribution in [1.29, 1.82) is 0 Å². The second kappa shape index (κ2) is 10.9. The van der Waals surface area contributed by atoms with Crippen molar-refractivity contribution in [3.63, 3.8) is 0 Å². The van der Waals surface area contributed by atoms with Crippen LogP contribution < -0.4 is 11.2 Å². The van der Waals surface area contributed by atoms with Crippen LogP contribution in [0.2, 0.25) is 0 Å². The molecular formula is C23H21N7O2S2. The quantitative estimate of drug-likeness (QED) is 0.210. The van der Waals surface area contributed by atoms with Gasteiger partial charge in [-0.05, 0) is 24.6 Å². The van der Waals surface area contributed by atoms with Gasteiger partial charge in [-0.2, -0.15) is 10.2 Å². The number of carbonyl (C=O) groups is 2. The van der Waals surface area contributed by atoms with E-state index >= 15 is 0 Å². The number of aromatic nitrogens is 4. The zero-order valence-electron chi connectivity index (χ0n) is 18.2. The van der Waals surface area contributed by atoms with Crippen LogP contribution in [0.1, 0.15) is 26.5 Å². The van der Waals surface area contributed by atoms with Gasteiger partial charge in [-0.15, -0.1) is 10.2 Å². The summed E-state index contributed by atoms with van der Waals surface area (Å²) in [4.78, 5) is 23.8. The molecule has 4 rings (SSSR count). The maximum atomic E-state index is 12.5. The molecule has 0 saturated carbocycles. The highest BCUT2D eigenvalue weighted by molar-refractivity contribution is 8.00. The predicted molar refractivity (Wildman–Crippen MR) is 133 cm³/mol. The highest BCUT2D eigenvalue weighted by Crippen LogP contribution is 2.25. The Hall–Kier alpha value is -3.83. The van der Waals surface area contributed by atoms with Crippen LogP contribution in [-0.4, -0.2) is 38.0 Å². The smallest absolute Gasteiger partial charge is 0.271 e. The van der Waals surface area contributed by atoms with Crippen molar-refractivity contribution in [1.82, 2.24) is 25.4 Å². The van der Waals surface area contributed by atoms with E-state index in [1.165, 1.54) is 10.9 Å². The number of aryl methyl sites for hydroxylation is 1. The monoisotopic (exact) mass is 491 g/mol. The average molecular weight is 492 g/mol. The van der Waals surface area contributed by atoms with E-state index in [4.69, 9.17) is 5.73 Å². The van der Waals surface area contributed by atoms with E-state index in [9.17, 15) is 9.59 Å². The first-order chi connectivity index (χ1) is 16.5. The fourth-order valence-electron chi connectivity index (χ4n) is 3.05. The number of carbonyl (C=O) groups excluding carboxylic acids is 2. The first-order valence-electron chi connectivity index (χ1n) is 10.2. The minimum atomic E-state index is -0.501. The van der Waals surface area contributed by atoms with Crippen molar-refractivity contribution in [2.75, 3.05) is 0 Å². The Labute approximate surface area is 204 Å². The van der Waals surface area contributed by atoms with Gasteiger partial charge in [0.2, 0.25) is 5.91 Å². The summed E-state index contributed by atoms with van der Waals surface area (Å²) in [7, 11) is 0. The summed E-state index contributed by atoms with van der Waals surface area (Å²) in [6, 6.07) is 16.8.